The van der Waals surface area contributed by atoms with Crippen molar-refractivity contribution in [1.82, 2.24) is 0 Å². The fourth-order valence-corrected chi connectivity index (χ4v) is 2.77. The SMILES string of the molecule is Cc1ccc(C)c(OCCCC(C)(C)C(=O)Nc2ccccc2C(N)=O)c1. The van der Waals surface area contributed by atoms with Gasteiger partial charge < -0.3 is 15.8 Å². The molecule has 0 fully saturated rings. The fourth-order valence-electron chi connectivity index (χ4n) is 2.77. The van der Waals surface area contributed by atoms with Crippen LogP contribution in [0, 0.1) is 19.3 Å². The monoisotopic (exact) mass is 368 g/mol. The van der Waals surface area contributed by atoms with Crippen LogP contribution in [-0.2, 0) is 4.79 Å². The van der Waals surface area contributed by atoms with Crippen molar-refractivity contribution in [3.8, 4) is 5.75 Å². The number of aryl methyl sites for hydroxylation is 2. The van der Waals surface area contributed by atoms with E-state index in [1.54, 1.807) is 24.3 Å². The minimum absolute atomic E-state index is 0.150. The highest BCUT2D eigenvalue weighted by molar-refractivity contribution is 6.04. The Bertz CT molecular complexity index is 828. The molecule has 144 valence electrons. The minimum atomic E-state index is -0.601. The predicted octanol–water partition coefficient (Wildman–Crippen LogP) is 4.23. The number of carbonyl (C=O) groups excluding carboxylic acids is 2. The number of hydrogen-bond donors (Lipinski definition) is 2. The van der Waals surface area contributed by atoms with Crippen LogP contribution in [0.2, 0.25) is 0 Å². The van der Waals surface area contributed by atoms with Crippen molar-refractivity contribution >= 4 is 17.5 Å². The highest BCUT2D eigenvalue weighted by Crippen LogP contribution is 2.26. The lowest BCUT2D eigenvalue weighted by Gasteiger charge is -2.24. The predicted molar refractivity (Wildman–Crippen MR) is 108 cm³/mol. The molecule has 0 atom stereocenters. The van der Waals surface area contributed by atoms with Gasteiger partial charge in [-0.25, -0.2) is 0 Å². The van der Waals surface area contributed by atoms with Gasteiger partial charge in [0.1, 0.15) is 5.75 Å². The third kappa shape index (κ3) is 5.58. The lowest BCUT2D eigenvalue weighted by molar-refractivity contribution is -0.124. The average Bonchev–Trinajstić information content (AvgIpc) is 2.61. The molecule has 0 unspecified atom stereocenters. The number of nitrogens with two attached hydrogens (primary N) is 1. The molecule has 5 heteroatoms. The standard InChI is InChI=1S/C22H28N2O3/c1-15-10-11-16(2)19(14-15)27-13-7-12-22(3,4)21(26)24-18-9-6-5-8-17(18)20(23)25/h5-6,8-11,14H,7,12-13H2,1-4H3,(H2,23,25)(H,24,26). The number of hydrogen-bond acceptors (Lipinski definition) is 3. The van der Waals surface area contributed by atoms with E-state index < -0.39 is 11.3 Å². The van der Waals surface area contributed by atoms with Crippen LogP contribution in [0.25, 0.3) is 0 Å². The molecule has 0 saturated heterocycles. The summed E-state index contributed by atoms with van der Waals surface area (Å²) in [6.07, 6.45) is 1.40. The van der Waals surface area contributed by atoms with Gasteiger partial charge in [0, 0.05) is 5.41 Å². The van der Waals surface area contributed by atoms with Gasteiger partial charge in [0.25, 0.3) is 5.91 Å². The van der Waals surface area contributed by atoms with Gasteiger partial charge >= 0.3 is 0 Å². The van der Waals surface area contributed by atoms with Gasteiger partial charge in [-0.15, -0.1) is 0 Å². The van der Waals surface area contributed by atoms with Crippen molar-refractivity contribution in [2.45, 2.75) is 40.5 Å². The molecule has 5 nitrogen and oxygen atoms in total. The van der Waals surface area contributed by atoms with Gasteiger partial charge in [0.2, 0.25) is 5.91 Å². The summed E-state index contributed by atoms with van der Waals surface area (Å²) in [5, 5.41) is 2.83. The van der Waals surface area contributed by atoms with Crippen molar-refractivity contribution in [2.24, 2.45) is 11.1 Å². The van der Waals surface area contributed by atoms with E-state index in [1.807, 2.05) is 39.8 Å². The number of rotatable bonds is 8. The largest absolute Gasteiger partial charge is 0.493 e. The molecule has 2 aromatic carbocycles. The maximum atomic E-state index is 12.7. The molecule has 0 radical (unpaired) electrons. The summed E-state index contributed by atoms with van der Waals surface area (Å²) in [7, 11) is 0. The Labute approximate surface area is 160 Å². The highest BCUT2D eigenvalue weighted by atomic mass is 16.5. The van der Waals surface area contributed by atoms with Crippen LogP contribution in [0.5, 0.6) is 5.75 Å². The van der Waals surface area contributed by atoms with E-state index in [4.69, 9.17) is 10.5 Å². The zero-order valence-corrected chi connectivity index (χ0v) is 16.5. The van der Waals surface area contributed by atoms with Crippen LogP contribution in [0.4, 0.5) is 5.69 Å². The minimum Gasteiger partial charge on any atom is -0.493 e. The first-order valence-electron chi connectivity index (χ1n) is 9.11. The summed E-state index contributed by atoms with van der Waals surface area (Å²) in [5.41, 5.74) is 7.77. The third-order valence-electron chi connectivity index (χ3n) is 4.60. The first-order chi connectivity index (χ1) is 12.7. The molecule has 0 aliphatic rings. The normalized spacial score (nSPS) is 11.1. The van der Waals surface area contributed by atoms with Crippen molar-refractivity contribution in [3.05, 3.63) is 59.2 Å². The number of ether oxygens (including phenoxy) is 1. The van der Waals surface area contributed by atoms with E-state index in [0.717, 1.165) is 23.3 Å². The van der Waals surface area contributed by atoms with Crippen LogP contribution < -0.4 is 15.8 Å². The van der Waals surface area contributed by atoms with Crippen molar-refractivity contribution < 1.29 is 14.3 Å². The quantitative estimate of drug-likeness (QED) is 0.684. The van der Waals surface area contributed by atoms with Gasteiger partial charge in [-0.05, 0) is 56.0 Å². The molecular weight excluding hydrogens is 340 g/mol. The Morgan fingerprint density at radius 2 is 1.81 bits per heavy atom. The number of carbonyl (C=O) groups is 2. The van der Waals surface area contributed by atoms with E-state index in [1.165, 1.54) is 0 Å². The summed E-state index contributed by atoms with van der Waals surface area (Å²) in [6.45, 7) is 8.35. The van der Waals surface area contributed by atoms with Crippen LogP contribution in [0.3, 0.4) is 0 Å². The molecule has 2 aromatic rings. The Hall–Kier alpha value is -2.82. The number of primary amides is 1. The van der Waals surface area contributed by atoms with Crippen LogP contribution in [0.15, 0.2) is 42.5 Å². The van der Waals surface area contributed by atoms with Crippen LogP contribution in [0.1, 0.15) is 48.2 Å². The second kappa shape index (κ2) is 8.71. The number of para-hydroxylation sites is 1. The van der Waals surface area contributed by atoms with Gasteiger partial charge in [-0.3, -0.25) is 9.59 Å². The van der Waals surface area contributed by atoms with Crippen LogP contribution >= 0.6 is 0 Å². The molecule has 0 aromatic heterocycles. The van der Waals surface area contributed by atoms with Crippen molar-refractivity contribution in [3.63, 3.8) is 0 Å². The number of anilines is 1. The summed E-state index contributed by atoms with van der Waals surface area (Å²) >= 11 is 0. The maximum absolute atomic E-state index is 12.7. The molecule has 0 aliphatic carbocycles. The van der Waals surface area contributed by atoms with Crippen molar-refractivity contribution in [2.75, 3.05) is 11.9 Å². The molecule has 2 rings (SSSR count). The van der Waals surface area contributed by atoms with Gasteiger partial charge in [-0.1, -0.05) is 38.1 Å². The van der Waals surface area contributed by atoms with Crippen molar-refractivity contribution in [1.29, 1.82) is 0 Å². The van der Waals surface area contributed by atoms with E-state index >= 15 is 0 Å². The second-order valence-corrected chi connectivity index (χ2v) is 7.47. The molecular formula is C22H28N2O3. The lowest BCUT2D eigenvalue weighted by atomic mass is 9.86. The second-order valence-electron chi connectivity index (χ2n) is 7.47. The summed E-state index contributed by atoms with van der Waals surface area (Å²) in [4.78, 5) is 24.2. The maximum Gasteiger partial charge on any atom is 0.250 e. The summed E-state index contributed by atoms with van der Waals surface area (Å²) < 4.78 is 5.87. The Kier molecular flexibility index (Phi) is 6.61. The van der Waals surface area contributed by atoms with Gasteiger partial charge in [-0.2, -0.15) is 0 Å². The number of nitrogens with one attached hydrogen (secondary N) is 1. The lowest BCUT2D eigenvalue weighted by Crippen LogP contribution is -2.32. The molecule has 2 amide bonds. The number of benzene rings is 2. The fraction of sp³-hybridized carbons (Fsp3) is 0.364. The molecule has 27 heavy (non-hydrogen) atoms. The molecule has 0 spiro atoms. The van der Waals surface area contributed by atoms with Crippen LogP contribution in [-0.4, -0.2) is 18.4 Å². The summed E-state index contributed by atoms with van der Waals surface area (Å²) in [6, 6.07) is 12.9. The average molecular weight is 368 g/mol. The zero-order valence-electron chi connectivity index (χ0n) is 16.5. The Morgan fingerprint density at radius 1 is 1.11 bits per heavy atom. The zero-order chi connectivity index (χ0) is 20.0. The molecule has 3 N–H and O–H groups in total. The molecule has 0 aliphatic heterocycles. The Balaban J connectivity index is 1.91. The topological polar surface area (TPSA) is 81.4 Å². The smallest absolute Gasteiger partial charge is 0.250 e. The van der Waals surface area contributed by atoms with E-state index in [2.05, 4.69) is 11.4 Å². The Morgan fingerprint density at radius 3 is 2.52 bits per heavy atom. The van der Waals surface area contributed by atoms with E-state index in [0.29, 0.717) is 24.3 Å². The van der Waals surface area contributed by atoms with E-state index in [9.17, 15) is 9.59 Å². The number of amides is 2. The van der Waals surface area contributed by atoms with E-state index in [-0.39, 0.29) is 5.91 Å². The first-order valence-corrected chi connectivity index (χ1v) is 9.11. The molecule has 0 saturated carbocycles. The first kappa shape index (κ1) is 20.5. The van der Waals surface area contributed by atoms with Gasteiger partial charge in [0.15, 0.2) is 0 Å². The third-order valence-corrected chi connectivity index (χ3v) is 4.60. The van der Waals surface area contributed by atoms with Gasteiger partial charge in [0.05, 0.1) is 17.9 Å². The molecule has 0 heterocycles. The summed E-state index contributed by atoms with van der Waals surface area (Å²) in [5.74, 6) is 0.168. The highest BCUT2D eigenvalue weighted by Gasteiger charge is 2.28. The molecule has 0 bridgehead atoms.